The number of halogens is 3. The highest BCUT2D eigenvalue weighted by molar-refractivity contribution is 14.1. The van der Waals surface area contributed by atoms with E-state index in [1.54, 1.807) is 36.4 Å². The van der Waals surface area contributed by atoms with Crippen molar-refractivity contribution in [2.45, 2.75) is 6.61 Å². The molecule has 5 nitrogen and oxygen atoms in total. The third-order valence-corrected chi connectivity index (χ3v) is 5.58. The van der Waals surface area contributed by atoms with Gasteiger partial charge in [0.15, 0.2) is 11.5 Å². The maximum absolute atomic E-state index is 12.5. The van der Waals surface area contributed by atoms with Gasteiger partial charge in [0.1, 0.15) is 18.2 Å². The number of carbonyl (C=O) groups excluding carboxylic acids is 1. The van der Waals surface area contributed by atoms with Crippen molar-refractivity contribution in [1.82, 2.24) is 0 Å². The van der Waals surface area contributed by atoms with Crippen molar-refractivity contribution in [3.63, 3.8) is 0 Å². The molecule has 3 rings (SSSR count). The van der Waals surface area contributed by atoms with Crippen molar-refractivity contribution in [3.8, 4) is 17.6 Å². The summed E-state index contributed by atoms with van der Waals surface area (Å²) in [5.41, 5.74) is 1.96. The molecular formula is C24H17Cl2IN2O3. The van der Waals surface area contributed by atoms with E-state index in [1.165, 1.54) is 13.2 Å². The second kappa shape index (κ2) is 11.2. The second-order valence-corrected chi connectivity index (χ2v) is 8.67. The quantitative estimate of drug-likeness (QED) is 0.192. The number of nitriles is 1. The zero-order valence-corrected chi connectivity index (χ0v) is 20.5. The molecule has 1 amide bonds. The summed E-state index contributed by atoms with van der Waals surface area (Å²) in [6.07, 6.45) is 1.44. The third-order valence-electron chi connectivity index (χ3n) is 4.33. The predicted molar refractivity (Wildman–Crippen MR) is 135 cm³/mol. The lowest BCUT2D eigenvalue weighted by molar-refractivity contribution is -0.112. The van der Waals surface area contributed by atoms with E-state index < -0.39 is 5.91 Å². The number of hydrogen-bond acceptors (Lipinski definition) is 4. The molecule has 0 fully saturated rings. The lowest BCUT2D eigenvalue weighted by atomic mass is 10.1. The maximum Gasteiger partial charge on any atom is 0.266 e. The van der Waals surface area contributed by atoms with Crippen molar-refractivity contribution >= 4 is 63.5 Å². The number of anilines is 1. The topological polar surface area (TPSA) is 71.3 Å². The number of nitrogens with one attached hydrogen (secondary N) is 1. The van der Waals surface area contributed by atoms with Crippen LogP contribution in [0.25, 0.3) is 6.08 Å². The van der Waals surface area contributed by atoms with Crippen LogP contribution in [0.3, 0.4) is 0 Å². The van der Waals surface area contributed by atoms with E-state index in [9.17, 15) is 10.1 Å². The molecule has 0 saturated carbocycles. The number of methoxy groups -OCH3 is 1. The smallest absolute Gasteiger partial charge is 0.266 e. The Kier molecular flexibility index (Phi) is 8.39. The summed E-state index contributed by atoms with van der Waals surface area (Å²) in [6, 6.07) is 19.7. The summed E-state index contributed by atoms with van der Waals surface area (Å²) in [5.74, 6) is 0.225. The van der Waals surface area contributed by atoms with Crippen molar-refractivity contribution in [3.05, 3.63) is 91.0 Å². The number of ether oxygens (including phenoxy) is 2. The van der Waals surface area contributed by atoms with Gasteiger partial charge in [-0.3, -0.25) is 4.79 Å². The molecule has 0 aliphatic carbocycles. The first-order valence-corrected chi connectivity index (χ1v) is 11.2. The maximum atomic E-state index is 12.5. The van der Waals surface area contributed by atoms with Gasteiger partial charge in [-0.25, -0.2) is 0 Å². The van der Waals surface area contributed by atoms with Gasteiger partial charge >= 0.3 is 0 Å². The molecule has 0 unspecified atom stereocenters. The molecule has 0 aliphatic heterocycles. The summed E-state index contributed by atoms with van der Waals surface area (Å²) < 4.78 is 12.3. The van der Waals surface area contributed by atoms with Gasteiger partial charge in [-0.15, -0.1) is 0 Å². The Morgan fingerprint density at radius 2 is 1.81 bits per heavy atom. The highest BCUT2D eigenvalue weighted by Gasteiger charge is 2.14. The van der Waals surface area contributed by atoms with Crippen molar-refractivity contribution in [2.24, 2.45) is 0 Å². The van der Waals surface area contributed by atoms with Gasteiger partial charge in [0.25, 0.3) is 5.91 Å². The van der Waals surface area contributed by atoms with Crippen LogP contribution in [0.1, 0.15) is 11.1 Å². The molecule has 0 heterocycles. The molecular weight excluding hydrogens is 562 g/mol. The molecule has 32 heavy (non-hydrogen) atoms. The van der Waals surface area contributed by atoms with E-state index in [0.717, 1.165) is 9.13 Å². The summed E-state index contributed by atoms with van der Waals surface area (Å²) in [6.45, 7) is 0.268. The number of carbonyl (C=O) groups is 1. The first-order chi connectivity index (χ1) is 15.4. The Morgan fingerprint density at radius 1 is 1.12 bits per heavy atom. The van der Waals surface area contributed by atoms with Crippen LogP contribution in [0.4, 0.5) is 5.69 Å². The lowest BCUT2D eigenvalue weighted by Crippen LogP contribution is -2.13. The van der Waals surface area contributed by atoms with E-state index in [0.29, 0.717) is 32.8 Å². The van der Waals surface area contributed by atoms with E-state index in [1.807, 2.05) is 30.3 Å². The molecule has 3 aromatic carbocycles. The van der Waals surface area contributed by atoms with E-state index in [2.05, 4.69) is 27.9 Å². The van der Waals surface area contributed by atoms with Gasteiger partial charge in [-0.1, -0.05) is 35.3 Å². The lowest BCUT2D eigenvalue weighted by Gasteiger charge is -2.14. The fourth-order valence-corrected chi connectivity index (χ4v) is 3.51. The van der Waals surface area contributed by atoms with Crippen molar-refractivity contribution in [2.75, 3.05) is 12.4 Å². The van der Waals surface area contributed by atoms with E-state index >= 15 is 0 Å². The normalized spacial score (nSPS) is 10.9. The summed E-state index contributed by atoms with van der Waals surface area (Å²) in [7, 11) is 1.49. The third kappa shape index (κ3) is 6.39. The van der Waals surface area contributed by atoms with Crippen LogP contribution in [-0.2, 0) is 11.4 Å². The van der Waals surface area contributed by atoms with Crippen LogP contribution in [0.2, 0.25) is 10.0 Å². The van der Waals surface area contributed by atoms with Gasteiger partial charge < -0.3 is 14.8 Å². The minimum Gasteiger partial charge on any atom is -0.493 e. The SMILES string of the molecule is COc1cc(/C=C(\C#N)C(=O)Nc2ccc(I)cc2)cc(Cl)c1OCc1ccc(Cl)cc1. The minimum atomic E-state index is -0.521. The zero-order chi connectivity index (χ0) is 23.1. The second-order valence-electron chi connectivity index (χ2n) is 6.58. The molecule has 0 bridgehead atoms. The van der Waals surface area contributed by atoms with Gasteiger partial charge in [0.05, 0.1) is 12.1 Å². The molecule has 1 N–H and O–H groups in total. The van der Waals surface area contributed by atoms with Gasteiger partial charge in [-0.05, 0) is 88.3 Å². The van der Waals surface area contributed by atoms with Gasteiger partial charge in [0, 0.05) is 14.3 Å². The Labute approximate surface area is 209 Å². The minimum absolute atomic E-state index is 0.0727. The van der Waals surface area contributed by atoms with Crippen LogP contribution in [0, 0.1) is 14.9 Å². The Bertz CT molecular complexity index is 1190. The molecule has 0 aromatic heterocycles. The Morgan fingerprint density at radius 3 is 2.44 bits per heavy atom. The number of benzene rings is 3. The summed E-state index contributed by atoms with van der Waals surface area (Å²) >= 11 is 14.5. The Balaban J connectivity index is 1.80. The van der Waals surface area contributed by atoms with Crippen LogP contribution in [-0.4, -0.2) is 13.0 Å². The van der Waals surface area contributed by atoms with E-state index in [4.69, 9.17) is 32.7 Å². The molecule has 0 spiro atoms. The van der Waals surface area contributed by atoms with Crippen LogP contribution in [0.5, 0.6) is 11.5 Å². The number of rotatable bonds is 7. The number of amides is 1. The van der Waals surface area contributed by atoms with Crippen LogP contribution in [0.15, 0.2) is 66.2 Å². The first kappa shape index (κ1) is 23.9. The largest absolute Gasteiger partial charge is 0.493 e. The molecule has 162 valence electrons. The van der Waals surface area contributed by atoms with Gasteiger partial charge in [-0.2, -0.15) is 5.26 Å². The molecule has 0 radical (unpaired) electrons. The molecule has 3 aromatic rings. The average Bonchev–Trinajstić information content (AvgIpc) is 2.79. The monoisotopic (exact) mass is 578 g/mol. The highest BCUT2D eigenvalue weighted by Crippen LogP contribution is 2.37. The highest BCUT2D eigenvalue weighted by atomic mass is 127. The van der Waals surface area contributed by atoms with Crippen LogP contribution >= 0.6 is 45.8 Å². The van der Waals surface area contributed by atoms with Crippen molar-refractivity contribution in [1.29, 1.82) is 5.26 Å². The first-order valence-electron chi connectivity index (χ1n) is 9.33. The number of hydrogen-bond donors (Lipinski definition) is 1. The standard InChI is InChI=1S/C24H17Cl2IN2O3/c1-31-22-12-16(10-17(13-28)24(30)29-20-8-6-19(27)7-9-20)11-21(26)23(22)32-14-15-2-4-18(25)5-3-15/h2-12H,14H2,1H3,(H,29,30)/b17-10+. The zero-order valence-electron chi connectivity index (χ0n) is 16.9. The summed E-state index contributed by atoms with van der Waals surface area (Å²) in [5, 5.41) is 13.1. The molecule has 0 aliphatic rings. The molecule has 8 heteroatoms. The van der Waals surface area contributed by atoms with Crippen molar-refractivity contribution < 1.29 is 14.3 Å². The summed E-state index contributed by atoms with van der Waals surface area (Å²) in [4.78, 5) is 12.5. The number of nitrogens with zero attached hydrogens (tertiary/aromatic N) is 1. The fourth-order valence-electron chi connectivity index (χ4n) is 2.75. The average molecular weight is 579 g/mol. The Hall–Kier alpha value is -2.73. The fraction of sp³-hybridized carbons (Fsp3) is 0.0833. The predicted octanol–water partition coefficient (Wildman–Crippen LogP) is 6.73. The molecule has 0 atom stereocenters. The molecule has 0 saturated heterocycles. The van der Waals surface area contributed by atoms with Crippen LogP contribution < -0.4 is 14.8 Å². The van der Waals surface area contributed by atoms with Gasteiger partial charge in [0.2, 0.25) is 0 Å². The van der Waals surface area contributed by atoms with E-state index in [-0.39, 0.29) is 12.2 Å².